The zero-order valence-electron chi connectivity index (χ0n) is 11.8. The number of rotatable bonds is 5. The maximum absolute atomic E-state index is 12.1. The van der Waals surface area contributed by atoms with Gasteiger partial charge in [-0.3, -0.25) is 4.90 Å². The van der Waals surface area contributed by atoms with Gasteiger partial charge in [-0.25, -0.2) is 9.59 Å². The monoisotopic (exact) mass is 280 g/mol. The number of anilines is 1. The van der Waals surface area contributed by atoms with Crippen LogP contribution < -0.4 is 10.2 Å². The number of hydrogen-bond acceptors (Lipinski definition) is 3. The highest BCUT2D eigenvalue weighted by Crippen LogP contribution is 2.19. The van der Waals surface area contributed by atoms with Crippen molar-refractivity contribution in [1.82, 2.24) is 5.32 Å². The van der Waals surface area contributed by atoms with Crippen molar-refractivity contribution >= 4 is 17.7 Å². The smallest absolute Gasteiger partial charge is 0.326 e. The third-order valence-corrected chi connectivity index (χ3v) is 3.28. The van der Waals surface area contributed by atoms with Crippen molar-refractivity contribution in [3.8, 4) is 5.75 Å². The average Bonchev–Trinajstić information content (AvgIpc) is 2.42. The van der Waals surface area contributed by atoms with Gasteiger partial charge in [0.25, 0.3) is 0 Å². The summed E-state index contributed by atoms with van der Waals surface area (Å²) in [5, 5.41) is 21.0. The Morgan fingerprint density at radius 3 is 2.55 bits per heavy atom. The standard InChI is InChI=1S/C14H20N2O4/c1-4-9(2)12(13(18)19)15-14(20)16(3)10-6-5-7-11(17)8-10/h5-9,12,17H,4H2,1-3H3,(H,15,20)(H,18,19)/t9-,12-/m0/s1. The van der Waals surface area contributed by atoms with E-state index in [-0.39, 0.29) is 11.7 Å². The highest BCUT2D eigenvalue weighted by Gasteiger charge is 2.26. The molecule has 2 amide bonds. The molecule has 3 N–H and O–H groups in total. The van der Waals surface area contributed by atoms with E-state index < -0.39 is 18.0 Å². The SMILES string of the molecule is CC[C@H](C)[C@H](NC(=O)N(C)c1cccc(O)c1)C(=O)O. The number of carbonyl (C=O) groups is 2. The molecule has 0 radical (unpaired) electrons. The van der Waals surface area contributed by atoms with Gasteiger partial charge in [-0.1, -0.05) is 26.3 Å². The lowest BCUT2D eigenvalue weighted by molar-refractivity contribution is -0.140. The van der Waals surface area contributed by atoms with Crippen molar-refractivity contribution in [1.29, 1.82) is 0 Å². The van der Waals surface area contributed by atoms with Crippen LogP contribution in [0.2, 0.25) is 0 Å². The van der Waals surface area contributed by atoms with Crippen molar-refractivity contribution in [2.75, 3.05) is 11.9 Å². The highest BCUT2D eigenvalue weighted by molar-refractivity contribution is 5.94. The van der Waals surface area contributed by atoms with E-state index in [9.17, 15) is 14.7 Å². The molecule has 2 atom stereocenters. The fraction of sp³-hybridized carbons (Fsp3) is 0.429. The predicted molar refractivity (Wildman–Crippen MR) is 75.9 cm³/mol. The van der Waals surface area contributed by atoms with Crippen LogP contribution in [0.15, 0.2) is 24.3 Å². The number of carbonyl (C=O) groups excluding carboxylic acids is 1. The normalized spacial score (nSPS) is 13.3. The summed E-state index contributed by atoms with van der Waals surface area (Å²) in [5.41, 5.74) is 0.482. The largest absolute Gasteiger partial charge is 0.508 e. The number of urea groups is 1. The van der Waals surface area contributed by atoms with Crippen LogP contribution in [-0.4, -0.2) is 35.3 Å². The van der Waals surface area contributed by atoms with E-state index >= 15 is 0 Å². The highest BCUT2D eigenvalue weighted by atomic mass is 16.4. The van der Waals surface area contributed by atoms with Crippen LogP contribution >= 0.6 is 0 Å². The summed E-state index contributed by atoms with van der Waals surface area (Å²) in [6, 6.07) is 4.72. The zero-order valence-corrected chi connectivity index (χ0v) is 11.8. The molecule has 0 saturated carbocycles. The number of phenolic OH excluding ortho intramolecular Hbond substituents is 1. The van der Waals surface area contributed by atoms with Crippen molar-refractivity contribution in [2.45, 2.75) is 26.3 Å². The molecule has 0 fully saturated rings. The molecule has 1 aromatic carbocycles. The van der Waals surface area contributed by atoms with Crippen molar-refractivity contribution in [3.05, 3.63) is 24.3 Å². The summed E-state index contributed by atoms with van der Waals surface area (Å²) >= 11 is 0. The van der Waals surface area contributed by atoms with Crippen LogP contribution in [0, 0.1) is 5.92 Å². The number of phenols is 1. The summed E-state index contributed by atoms with van der Waals surface area (Å²) in [4.78, 5) is 24.5. The molecule has 0 unspecified atom stereocenters. The fourth-order valence-electron chi connectivity index (χ4n) is 1.73. The Kier molecular flexibility index (Phi) is 5.37. The number of aromatic hydroxyl groups is 1. The molecular formula is C14H20N2O4. The molecule has 0 spiro atoms. The average molecular weight is 280 g/mol. The number of nitrogens with zero attached hydrogens (tertiary/aromatic N) is 1. The van der Waals surface area contributed by atoms with Crippen LogP contribution in [0.5, 0.6) is 5.75 Å². The van der Waals surface area contributed by atoms with Crippen LogP contribution in [-0.2, 0) is 4.79 Å². The van der Waals surface area contributed by atoms with Crippen molar-refractivity contribution in [3.63, 3.8) is 0 Å². The molecule has 110 valence electrons. The van der Waals surface area contributed by atoms with Gasteiger partial charge in [0, 0.05) is 18.8 Å². The zero-order chi connectivity index (χ0) is 15.3. The number of nitrogens with one attached hydrogen (secondary N) is 1. The third kappa shape index (κ3) is 3.88. The van der Waals surface area contributed by atoms with Crippen LogP contribution in [0.25, 0.3) is 0 Å². The predicted octanol–water partition coefficient (Wildman–Crippen LogP) is 2.04. The van der Waals surface area contributed by atoms with Crippen LogP contribution in [0.1, 0.15) is 20.3 Å². The Labute approximate surface area is 118 Å². The Morgan fingerprint density at radius 1 is 1.40 bits per heavy atom. The molecule has 0 bridgehead atoms. The lowest BCUT2D eigenvalue weighted by Gasteiger charge is -2.24. The Bertz CT molecular complexity index is 490. The van der Waals surface area contributed by atoms with E-state index in [0.29, 0.717) is 12.1 Å². The lowest BCUT2D eigenvalue weighted by atomic mass is 9.99. The van der Waals surface area contributed by atoms with E-state index in [2.05, 4.69) is 5.32 Å². The topological polar surface area (TPSA) is 89.9 Å². The summed E-state index contributed by atoms with van der Waals surface area (Å²) in [6.45, 7) is 3.64. The van der Waals surface area contributed by atoms with Crippen molar-refractivity contribution < 1.29 is 19.8 Å². The quantitative estimate of drug-likeness (QED) is 0.770. The lowest BCUT2D eigenvalue weighted by Crippen LogP contribution is -2.49. The van der Waals surface area contributed by atoms with E-state index in [0.717, 1.165) is 0 Å². The summed E-state index contributed by atoms with van der Waals surface area (Å²) in [5.74, 6) is -1.19. The number of amides is 2. The number of carboxylic acids is 1. The molecule has 1 rings (SSSR count). The molecule has 0 aliphatic carbocycles. The first kappa shape index (κ1) is 15.8. The van der Waals surface area contributed by atoms with Gasteiger partial charge >= 0.3 is 12.0 Å². The number of aliphatic carboxylic acids is 1. The number of carboxylic acid groups (broad SMARTS) is 1. The minimum Gasteiger partial charge on any atom is -0.508 e. The van der Waals surface area contributed by atoms with E-state index in [4.69, 9.17) is 5.11 Å². The Morgan fingerprint density at radius 2 is 2.05 bits per heavy atom. The van der Waals surface area contributed by atoms with Gasteiger partial charge in [-0.15, -0.1) is 0 Å². The van der Waals surface area contributed by atoms with Crippen LogP contribution in [0.4, 0.5) is 10.5 Å². The molecule has 6 nitrogen and oxygen atoms in total. The minimum absolute atomic E-state index is 0.0406. The van der Waals surface area contributed by atoms with Crippen LogP contribution in [0.3, 0.4) is 0 Å². The maximum Gasteiger partial charge on any atom is 0.326 e. The van der Waals surface area contributed by atoms with Gasteiger partial charge in [0.15, 0.2) is 0 Å². The molecule has 0 aliphatic rings. The van der Waals surface area contributed by atoms with E-state index in [1.54, 1.807) is 19.1 Å². The molecule has 20 heavy (non-hydrogen) atoms. The molecule has 1 aromatic rings. The third-order valence-electron chi connectivity index (χ3n) is 3.28. The summed E-state index contributed by atoms with van der Waals surface area (Å²) < 4.78 is 0. The molecular weight excluding hydrogens is 260 g/mol. The van der Waals surface area contributed by atoms with Gasteiger partial charge in [0.1, 0.15) is 11.8 Å². The van der Waals surface area contributed by atoms with Gasteiger partial charge in [0.05, 0.1) is 0 Å². The second kappa shape index (κ2) is 6.79. The summed E-state index contributed by atoms with van der Waals surface area (Å²) in [7, 11) is 1.51. The maximum atomic E-state index is 12.1. The van der Waals surface area contributed by atoms with Gasteiger partial charge < -0.3 is 15.5 Å². The first-order valence-electron chi connectivity index (χ1n) is 6.42. The van der Waals surface area contributed by atoms with Gasteiger partial charge in [0.2, 0.25) is 0 Å². The molecule has 0 saturated heterocycles. The van der Waals surface area contributed by atoms with E-state index in [1.165, 1.54) is 24.1 Å². The van der Waals surface area contributed by atoms with Gasteiger partial charge in [-0.2, -0.15) is 0 Å². The number of benzene rings is 1. The minimum atomic E-state index is -1.06. The molecule has 0 heterocycles. The molecule has 0 aromatic heterocycles. The molecule has 0 aliphatic heterocycles. The second-order valence-corrected chi connectivity index (χ2v) is 4.73. The first-order valence-corrected chi connectivity index (χ1v) is 6.42. The first-order chi connectivity index (χ1) is 9.36. The Hall–Kier alpha value is -2.24. The Balaban J connectivity index is 2.81. The van der Waals surface area contributed by atoms with Crippen molar-refractivity contribution in [2.24, 2.45) is 5.92 Å². The van der Waals surface area contributed by atoms with E-state index in [1.807, 2.05) is 6.92 Å². The fourth-order valence-corrected chi connectivity index (χ4v) is 1.73. The molecule has 6 heteroatoms. The number of hydrogen-bond donors (Lipinski definition) is 3. The summed E-state index contributed by atoms with van der Waals surface area (Å²) in [6.07, 6.45) is 0.646. The van der Waals surface area contributed by atoms with Gasteiger partial charge in [-0.05, 0) is 18.1 Å². The second-order valence-electron chi connectivity index (χ2n) is 4.73.